The third kappa shape index (κ3) is 3.10. The number of imidazole rings is 1. The molecule has 0 amide bonds. The van der Waals surface area contributed by atoms with Crippen LogP contribution in [0.15, 0.2) is 64.3 Å². The normalized spacial score (nSPS) is 12.7. The number of allylic oxidation sites excluding steroid dienone is 1. The van der Waals surface area contributed by atoms with E-state index in [1.165, 1.54) is 0 Å². The van der Waals surface area contributed by atoms with Gasteiger partial charge >= 0.3 is 0 Å². The molecule has 0 unspecified atom stereocenters. The first kappa shape index (κ1) is 17.1. The number of nitrogens with zero attached hydrogens (tertiary/aromatic N) is 3. The molecule has 7 heteroatoms. The van der Waals surface area contributed by atoms with Gasteiger partial charge < -0.3 is 15.8 Å². The summed E-state index contributed by atoms with van der Waals surface area (Å²) in [7, 11) is 1.56. The Morgan fingerprint density at radius 3 is 2.54 bits per heavy atom. The van der Waals surface area contributed by atoms with Crippen molar-refractivity contribution < 1.29 is 5.11 Å². The minimum Gasteiger partial charge on any atom is -0.504 e. The monoisotopic (exact) mass is 346 g/mol. The zero-order valence-electron chi connectivity index (χ0n) is 14.2. The molecule has 3 rings (SSSR count). The van der Waals surface area contributed by atoms with Gasteiger partial charge in [-0.3, -0.25) is 15.4 Å². The number of hydrogen-bond acceptors (Lipinski definition) is 5. The summed E-state index contributed by atoms with van der Waals surface area (Å²) >= 11 is 0. The molecule has 0 spiro atoms. The number of aliphatic hydroxyl groups excluding tert-OH is 1. The third-order valence-corrected chi connectivity index (χ3v) is 3.89. The molecule has 1 heterocycles. The Hall–Kier alpha value is -3.74. The minimum atomic E-state index is -0.125. The molecule has 0 bridgehead atoms. The number of hydrogen-bond donors (Lipinski definition) is 4. The smallest absolute Gasteiger partial charge is 0.171 e. The van der Waals surface area contributed by atoms with Gasteiger partial charge in [0.25, 0.3) is 0 Å². The number of aromatic nitrogens is 2. The molecule has 1 aromatic heterocycles. The highest BCUT2D eigenvalue weighted by Crippen LogP contribution is 2.22. The highest BCUT2D eigenvalue weighted by atomic mass is 16.3. The lowest BCUT2D eigenvalue weighted by atomic mass is 10.1. The van der Waals surface area contributed by atoms with Crippen LogP contribution in [-0.4, -0.2) is 40.4 Å². The number of H-pyrrole nitrogens is 1. The predicted octanol–water partition coefficient (Wildman–Crippen LogP) is 2.89. The number of nitrogen functional groups attached to an aromatic ring is 1. The first-order valence-electron chi connectivity index (χ1n) is 7.82. The van der Waals surface area contributed by atoms with Crippen LogP contribution in [0.5, 0.6) is 0 Å². The van der Waals surface area contributed by atoms with E-state index in [2.05, 4.69) is 26.7 Å². The van der Waals surface area contributed by atoms with E-state index in [1.807, 2.05) is 30.3 Å². The van der Waals surface area contributed by atoms with Gasteiger partial charge in [-0.25, -0.2) is 4.98 Å². The number of nitrogens with two attached hydrogens (primary N) is 1. The second-order valence-electron chi connectivity index (χ2n) is 5.52. The van der Waals surface area contributed by atoms with Crippen molar-refractivity contribution in [3.63, 3.8) is 0 Å². The largest absolute Gasteiger partial charge is 0.504 e. The van der Waals surface area contributed by atoms with E-state index in [-0.39, 0.29) is 17.3 Å². The van der Waals surface area contributed by atoms with Gasteiger partial charge in [0.1, 0.15) is 17.2 Å². The fourth-order valence-electron chi connectivity index (χ4n) is 2.62. The zero-order valence-corrected chi connectivity index (χ0v) is 14.2. The number of aromatic amines is 1. The molecule has 0 fully saturated rings. The van der Waals surface area contributed by atoms with Crippen LogP contribution in [0.3, 0.4) is 0 Å². The Morgan fingerprint density at radius 2 is 1.92 bits per heavy atom. The van der Waals surface area contributed by atoms with Crippen LogP contribution in [-0.2, 0) is 0 Å². The Morgan fingerprint density at radius 1 is 1.19 bits per heavy atom. The summed E-state index contributed by atoms with van der Waals surface area (Å²) in [6, 6.07) is 14.4. The molecular weight excluding hydrogens is 328 g/mol. The Bertz CT molecular complexity index is 1050. The summed E-state index contributed by atoms with van der Waals surface area (Å²) in [4.78, 5) is 15.7. The molecule has 0 aliphatic rings. The molecule has 0 aliphatic carbocycles. The van der Waals surface area contributed by atoms with Crippen molar-refractivity contribution in [1.82, 2.24) is 9.97 Å². The van der Waals surface area contributed by atoms with Crippen LogP contribution in [0.2, 0.25) is 0 Å². The van der Waals surface area contributed by atoms with Gasteiger partial charge in [-0.1, -0.05) is 30.3 Å². The minimum absolute atomic E-state index is 0.0302. The molecule has 5 N–H and O–H groups in total. The van der Waals surface area contributed by atoms with Crippen LogP contribution < -0.4 is 5.73 Å². The molecule has 0 radical (unpaired) electrons. The van der Waals surface area contributed by atoms with Crippen molar-refractivity contribution in [3.05, 3.63) is 71.2 Å². The average molecular weight is 346 g/mol. The van der Waals surface area contributed by atoms with Crippen molar-refractivity contribution in [2.24, 2.45) is 15.7 Å². The number of aliphatic hydroxyl groups is 1. The van der Waals surface area contributed by atoms with Crippen molar-refractivity contribution >= 4 is 35.0 Å². The number of aliphatic imine (C=N–C) groups is 2. The zero-order chi connectivity index (χ0) is 18.7. The SMILES string of the molecule is C=N/C(=C(/O)C(=NC)c1nc2ccc(C(=N)N)cc2[nH]1)c1ccccc1. The van der Waals surface area contributed by atoms with E-state index in [1.54, 1.807) is 25.2 Å². The Labute approximate surface area is 150 Å². The number of amidine groups is 1. The molecule has 0 aliphatic heterocycles. The van der Waals surface area contributed by atoms with Crippen molar-refractivity contribution in [2.45, 2.75) is 0 Å². The lowest BCUT2D eigenvalue weighted by Gasteiger charge is -2.07. The Balaban J connectivity index is 2.11. The first-order valence-corrected chi connectivity index (χ1v) is 7.82. The summed E-state index contributed by atoms with van der Waals surface area (Å²) in [6.45, 7) is 3.55. The van der Waals surface area contributed by atoms with Crippen LogP contribution in [0.1, 0.15) is 17.0 Å². The van der Waals surface area contributed by atoms with E-state index in [9.17, 15) is 5.11 Å². The molecule has 7 nitrogen and oxygen atoms in total. The third-order valence-electron chi connectivity index (χ3n) is 3.89. The van der Waals surface area contributed by atoms with Gasteiger partial charge in [0.2, 0.25) is 0 Å². The highest BCUT2D eigenvalue weighted by molar-refractivity contribution is 6.14. The summed E-state index contributed by atoms with van der Waals surface area (Å²) in [5.74, 6) is 0.231. The highest BCUT2D eigenvalue weighted by Gasteiger charge is 2.18. The lowest BCUT2D eigenvalue weighted by molar-refractivity contribution is 0.445. The second kappa shape index (κ2) is 7.02. The molecule has 2 aromatic carbocycles. The number of benzene rings is 2. The molecule has 26 heavy (non-hydrogen) atoms. The van der Waals surface area contributed by atoms with E-state index in [0.717, 1.165) is 5.56 Å². The number of rotatable bonds is 5. The molecule has 0 atom stereocenters. The van der Waals surface area contributed by atoms with Crippen molar-refractivity contribution in [3.8, 4) is 0 Å². The number of nitrogens with one attached hydrogen (secondary N) is 2. The van der Waals surface area contributed by atoms with Crippen LogP contribution in [0.4, 0.5) is 0 Å². The maximum atomic E-state index is 10.7. The second-order valence-corrected chi connectivity index (χ2v) is 5.52. The van der Waals surface area contributed by atoms with Crippen molar-refractivity contribution in [2.75, 3.05) is 7.05 Å². The van der Waals surface area contributed by atoms with Gasteiger partial charge in [-0.2, -0.15) is 0 Å². The summed E-state index contributed by atoms with van der Waals surface area (Å²) in [6.07, 6.45) is 0. The van der Waals surface area contributed by atoms with E-state index >= 15 is 0 Å². The van der Waals surface area contributed by atoms with Crippen LogP contribution in [0.25, 0.3) is 16.7 Å². The van der Waals surface area contributed by atoms with E-state index in [4.69, 9.17) is 11.1 Å². The van der Waals surface area contributed by atoms with Gasteiger partial charge in [0, 0.05) is 18.2 Å². The van der Waals surface area contributed by atoms with E-state index < -0.39 is 0 Å². The molecule has 0 saturated carbocycles. The molecule has 0 saturated heterocycles. The topological polar surface area (TPSA) is 124 Å². The van der Waals surface area contributed by atoms with Gasteiger partial charge in [0.05, 0.1) is 11.0 Å². The van der Waals surface area contributed by atoms with Gasteiger partial charge in [-0.15, -0.1) is 0 Å². The fourth-order valence-corrected chi connectivity index (χ4v) is 2.62. The fraction of sp³-hybridized carbons (Fsp3) is 0.0526. The summed E-state index contributed by atoms with van der Waals surface area (Å²) < 4.78 is 0. The maximum Gasteiger partial charge on any atom is 0.171 e. The van der Waals surface area contributed by atoms with Crippen molar-refractivity contribution in [1.29, 1.82) is 5.41 Å². The molecular formula is C19H18N6O. The number of fused-ring (bicyclic) bond motifs is 1. The first-order chi connectivity index (χ1) is 12.5. The quantitative estimate of drug-likeness (QED) is 0.322. The molecule has 3 aromatic rings. The standard InChI is InChI=1S/C19H18N6O/c1-22-15(11-6-4-3-5-7-11)17(26)16(23-2)19-24-13-9-8-12(18(20)21)10-14(13)25-19/h3-10,26H,1H2,2H3,(H3,20,21)(H,24,25)/b17-15+,23-16?. The van der Waals surface area contributed by atoms with Gasteiger partial charge in [-0.05, 0) is 24.9 Å². The maximum absolute atomic E-state index is 10.7. The Kier molecular flexibility index (Phi) is 4.62. The summed E-state index contributed by atoms with van der Waals surface area (Å²) in [5, 5.41) is 18.3. The van der Waals surface area contributed by atoms with Crippen LogP contribution >= 0.6 is 0 Å². The van der Waals surface area contributed by atoms with E-state index in [0.29, 0.717) is 28.1 Å². The summed E-state index contributed by atoms with van der Waals surface area (Å²) in [5.41, 5.74) is 8.77. The van der Waals surface area contributed by atoms with Crippen LogP contribution in [0, 0.1) is 5.41 Å². The average Bonchev–Trinajstić information content (AvgIpc) is 3.06. The predicted molar refractivity (Wildman–Crippen MR) is 105 cm³/mol. The molecule has 130 valence electrons. The lowest BCUT2D eigenvalue weighted by Crippen LogP contribution is -2.10. The van der Waals surface area contributed by atoms with Gasteiger partial charge in [0.15, 0.2) is 11.6 Å².